The zero-order valence-electron chi connectivity index (χ0n) is 32.2. The Morgan fingerprint density at radius 1 is 0.922 bits per heavy atom. The van der Waals surface area contributed by atoms with E-state index in [1.807, 2.05) is 12.1 Å². The molecule has 0 radical (unpaired) electrons. The molecule has 1 saturated heterocycles. The molecule has 5 aliphatic carbocycles. The number of carboxylic acids is 1. The van der Waals surface area contributed by atoms with Crippen molar-refractivity contribution in [3.63, 3.8) is 0 Å². The molecule has 0 bridgehead atoms. The fourth-order valence-electron chi connectivity index (χ4n) is 13.7. The molecular weight excluding hydrogens is 638 g/mol. The van der Waals surface area contributed by atoms with Crippen LogP contribution in [0.2, 0.25) is 0 Å². The zero-order valence-corrected chi connectivity index (χ0v) is 32.2. The van der Waals surface area contributed by atoms with Gasteiger partial charge in [-0.1, -0.05) is 59.4 Å². The lowest BCUT2D eigenvalue weighted by Crippen LogP contribution is -2.66. The second-order valence-electron chi connectivity index (χ2n) is 18.6. The Kier molecular flexibility index (Phi) is 9.70. The van der Waals surface area contributed by atoms with E-state index in [1.54, 1.807) is 0 Å². The minimum Gasteiger partial charge on any atom is -0.481 e. The van der Waals surface area contributed by atoms with Crippen LogP contribution in [-0.2, 0) is 19.0 Å². The number of carboxylic acid groups (broad SMARTS) is 1. The Balaban J connectivity index is 1.13. The molecule has 0 amide bonds. The van der Waals surface area contributed by atoms with Crippen LogP contribution in [0.15, 0.2) is 42.5 Å². The first-order valence-corrected chi connectivity index (χ1v) is 19.9. The van der Waals surface area contributed by atoms with E-state index in [1.165, 1.54) is 31.1 Å². The maximum absolute atomic E-state index is 13.3. The Hall–Kier alpha value is -2.48. The lowest BCUT2D eigenvalue weighted by Gasteiger charge is -2.72. The second kappa shape index (κ2) is 13.4. The number of benzene rings is 1. The summed E-state index contributed by atoms with van der Waals surface area (Å²) in [6.07, 6.45) is 11.7. The normalized spacial score (nSPS) is 40.2. The van der Waals surface area contributed by atoms with Gasteiger partial charge in [-0.05, 0) is 138 Å². The molecule has 7 rings (SSSR count). The van der Waals surface area contributed by atoms with Gasteiger partial charge in [0, 0.05) is 19.6 Å². The number of morpholine rings is 1. The van der Waals surface area contributed by atoms with Crippen molar-refractivity contribution in [3.8, 4) is 0 Å². The Bertz CT molecular complexity index is 1540. The minimum absolute atomic E-state index is 0.0139. The van der Waals surface area contributed by atoms with Gasteiger partial charge in [-0.3, -0.25) is 9.69 Å². The highest BCUT2D eigenvalue weighted by Crippen LogP contribution is 2.77. The summed E-state index contributed by atoms with van der Waals surface area (Å²) in [7, 11) is 1.43. The van der Waals surface area contributed by atoms with Gasteiger partial charge in [0.15, 0.2) is 0 Å². The molecule has 280 valence electrons. The highest BCUT2D eigenvalue weighted by molar-refractivity contribution is 5.90. The lowest BCUT2D eigenvalue weighted by atomic mass is 9.32. The molecule has 1 aromatic carbocycles. The molecular formula is C44H63NO6. The van der Waals surface area contributed by atoms with Gasteiger partial charge in [-0.2, -0.15) is 0 Å². The third kappa shape index (κ3) is 5.69. The first kappa shape index (κ1) is 36.9. The van der Waals surface area contributed by atoms with Crippen molar-refractivity contribution in [3.05, 3.63) is 53.6 Å². The molecule has 1 aliphatic heterocycles. The summed E-state index contributed by atoms with van der Waals surface area (Å²) in [6, 6.07) is 7.99. The summed E-state index contributed by atoms with van der Waals surface area (Å²) >= 11 is 0. The average molecular weight is 702 g/mol. The summed E-state index contributed by atoms with van der Waals surface area (Å²) < 4.78 is 16.7. The number of carbonyl (C=O) groups excluding carboxylic acids is 1. The van der Waals surface area contributed by atoms with Crippen LogP contribution in [0.3, 0.4) is 0 Å². The molecule has 51 heavy (non-hydrogen) atoms. The van der Waals surface area contributed by atoms with E-state index in [-0.39, 0.29) is 39.5 Å². The molecule has 4 saturated carbocycles. The number of allylic oxidation sites excluding steroid dienone is 2. The lowest BCUT2D eigenvalue weighted by molar-refractivity contribution is -0.228. The maximum Gasteiger partial charge on any atom is 0.337 e. The number of carbonyl (C=O) groups is 2. The third-order valence-corrected chi connectivity index (χ3v) is 16.5. The van der Waals surface area contributed by atoms with Gasteiger partial charge >= 0.3 is 11.9 Å². The molecule has 1 heterocycles. The van der Waals surface area contributed by atoms with E-state index in [9.17, 15) is 14.7 Å². The molecule has 9 atom stereocenters. The van der Waals surface area contributed by atoms with Crippen molar-refractivity contribution in [2.75, 3.05) is 53.2 Å². The first-order chi connectivity index (χ1) is 24.2. The van der Waals surface area contributed by atoms with E-state index < -0.39 is 11.4 Å². The van der Waals surface area contributed by atoms with Crippen LogP contribution in [0, 0.1) is 56.7 Å². The largest absolute Gasteiger partial charge is 0.481 e. The summed E-state index contributed by atoms with van der Waals surface area (Å²) in [5, 5.41) is 10.9. The predicted octanol–water partition coefficient (Wildman–Crippen LogP) is 8.54. The molecule has 6 aliphatic rings. The summed E-state index contributed by atoms with van der Waals surface area (Å²) in [5.74, 6) is 0.933. The zero-order chi connectivity index (χ0) is 36.4. The number of nitrogens with zero attached hydrogens (tertiary/aromatic N) is 1. The number of hydrogen-bond donors (Lipinski definition) is 1. The second-order valence-corrected chi connectivity index (χ2v) is 18.6. The topological polar surface area (TPSA) is 85.3 Å². The van der Waals surface area contributed by atoms with Gasteiger partial charge in [0.25, 0.3) is 0 Å². The van der Waals surface area contributed by atoms with Crippen LogP contribution in [-0.4, -0.2) is 75.1 Å². The van der Waals surface area contributed by atoms with Crippen molar-refractivity contribution >= 4 is 17.5 Å². The van der Waals surface area contributed by atoms with E-state index >= 15 is 0 Å². The number of aliphatic carboxylic acids is 1. The molecule has 0 aromatic heterocycles. The minimum atomic E-state index is -0.649. The van der Waals surface area contributed by atoms with E-state index in [0.29, 0.717) is 36.5 Å². The number of fused-ring (bicyclic) bond motifs is 7. The van der Waals surface area contributed by atoms with Crippen LogP contribution in [0.25, 0.3) is 5.57 Å². The molecule has 5 fully saturated rings. The third-order valence-electron chi connectivity index (χ3n) is 16.5. The van der Waals surface area contributed by atoms with E-state index in [2.05, 4.69) is 64.3 Å². The Morgan fingerprint density at radius 2 is 1.65 bits per heavy atom. The monoisotopic (exact) mass is 701 g/mol. The van der Waals surface area contributed by atoms with Crippen molar-refractivity contribution in [2.24, 2.45) is 56.7 Å². The molecule has 7 heteroatoms. The van der Waals surface area contributed by atoms with Crippen LogP contribution in [0.5, 0.6) is 0 Å². The highest BCUT2D eigenvalue weighted by Gasteiger charge is 2.71. The molecule has 1 aromatic rings. The quantitative estimate of drug-likeness (QED) is 0.157. The number of hydrogen-bond acceptors (Lipinski definition) is 6. The average Bonchev–Trinajstić information content (AvgIpc) is 3.52. The number of methoxy groups -OCH3 is 1. The fourth-order valence-corrected chi connectivity index (χ4v) is 13.7. The van der Waals surface area contributed by atoms with Crippen molar-refractivity contribution in [1.82, 2.24) is 4.90 Å². The Morgan fingerprint density at radius 3 is 2.33 bits per heavy atom. The molecule has 0 spiro atoms. The number of rotatable bonds is 9. The van der Waals surface area contributed by atoms with Crippen LogP contribution in [0.4, 0.5) is 0 Å². The van der Waals surface area contributed by atoms with Gasteiger partial charge in [0.05, 0.1) is 44.5 Å². The molecule has 7 nitrogen and oxygen atoms in total. The van der Waals surface area contributed by atoms with Crippen molar-refractivity contribution in [2.45, 2.75) is 92.4 Å². The summed E-state index contributed by atoms with van der Waals surface area (Å²) in [6.45, 7) is 22.9. The Labute approximate surface area is 306 Å². The SMILES string of the molecule is C=C(COCCN1CCOCC1)C1CCC2(C(=O)O)CCC3(C)C(CCC4C5(C)CC=C(c6ccc(C(=O)OC)cc6)C(C)(C)C5CCC43C)C12. The van der Waals surface area contributed by atoms with Gasteiger partial charge in [-0.15, -0.1) is 0 Å². The maximum atomic E-state index is 13.3. The van der Waals surface area contributed by atoms with Crippen LogP contribution >= 0.6 is 0 Å². The van der Waals surface area contributed by atoms with Crippen LogP contribution in [0.1, 0.15) is 108 Å². The highest BCUT2D eigenvalue weighted by atomic mass is 16.5. The predicted molar refractivity (Wildman–Crippen MR) is 200 cm³/mol. The van der Waals surface area contributed by atoms with E-state index in [4.69, 9.17) is 14.2 Å². The van der Waals surface area contributed by atoms with E-state index in [0.717, 1.165) is 83.4 Å². The van der Waals surface area contributed by atoms with Crippen molar-refractivity contribution in [1.29, 1.82) is 0 Å². The van der Waals surface area contributed by atoms with Gasteiger partial charge < -0.3 is 19.3 Å². The standard InChI is InChI=1S/C44H63NO6/c1-29(28-51-27-24-45-22-25-50-26-23-45)32-14-19-44(39(47)48)21-20-42(5)34(37(32)44)12-13-36-41(4)17-15-33(30-8-10-31(11-9-30)38(46)49-7)40(2,3)35(41)16-18-43(36,42)6/h8-11,15,32,34-37H,1,12-14,16-28H2,2-7H3,(H,47,48). The summed E-state index contributed by atoms with van der Waals surface area (Å²) in [4.78, 5) is 27.9. The van der Waals surface area contributed by atoms with Gasteiger partial charge in [0.2, 0.25) is 0 Å². The van der Waals surface area contributed by atoms with Gasteiger partial charge in [0.1, 0.15) is 0 Å². The number of ether oxygens (including phenoxy) is 3. The van der Waals surface area contributed by atoms with Gasteiger partial charge in [-0.25, -0.2) is 4.79 Å². The first-order valence-electron chi connectivity index (χ1n) is 19.9. The number of esters is 1. The fraction of sp³-hybridized carbons (Fsp3) is 0.727. The van der Waals surface area contributed by atoms with Crippen LogP contribution < -0.4 is 0 Å². The summed E-state index contributed by atoms with van der Waals surface area (Å²) in [5.41, 5.74) is 4.01. The molecule has 1 N–H and O–H groups in total. The smallest absolute Gasteiger partial charge is 0.337 e. The van der Waals surface area contributed by atoms with Crippen molar-refractivity contribution < 1.29 is 28.9 Å². The molecule has 9 unspecified atom stereocenters.